The van der Waals surface area contributed by atoms with Crippen LogP contribution in [-0.4, -0.2) is 27.8 Å². The number of ether oxygens (including phenoxy) is 1. The molecule has 1 N–H and O–H groups in total. The minimum atomic E-state index is -0.377. The number of aryl methyl sites for hydroxylation is 1. The Morgan fingerprint density at radius 3 is 2.31 bits per heavy atom. The van der Waals surface area contributed by atoms with Gasteiger partial charge in [0.05, 0.1) is 29.5 Å². The molecule has 0 saturated heterocycles. The minimum absolute atomic E-state index is 0.138. The van der Waals surface area contributed by atoms with E-state index in [1.54, 1.807) is 38.1 Å². The molecule has 1 aromatic heterocycles. The molecule has 0 aliphatic carbocycles. The molecule has 1 amide bonds. The van der Waals surface area contributed by atoms with Crippen LogP contribution in [0.15, 0.2) is 54.6 Å². The molecule has 6 nitrogen and oxygen atoms in total. The Morgan fingerprint density at radius 2 is 1.69 bits per heavy atom. The van der Waals surface area contributed by atoms with Crippen molar-refractivity contribution in [2.24, 2.45) is 0 Å². The molecule has 29 heavy (non-hydrogen) atoms. The first kappa shape index (κ1) is 20.3. The van der Waals surface area contributed by atoms with Crippen molar-refractivity contribution in [3.8, 4) is 5.69 Å². The van der Waals surface area contributed by atoms with Crippen molar-refractivity contribution in [3.05, 3.63) is 77.1 Å². The van der Waals surface area contributed by atoms with Crippen LogP contribution in [0.1, 0.15) is 41.2 Å². The Kier molecular flexibility index (Phi) is 6.12. The Bertz CT molecular complexity index is 1010. The highest BCUT2D eigenvalue weighted by molar-refractivity contribution is 5.94. The van der Waals surface area contributed by atoms with Crippen LogP contribution >= 0.6 is 0 Å². The molecule has 0 fully saturated rings. The van der Waals surface area contributed by atoms with Gasteiger partial charge >= 0.3 is 5.97 Å². The zero-order valence-electron chi connectivity index (χ0n) is 17.1. The molecule has 2 aromatic carbocycles. The summed E-state index contributed by atoms with van der Waals surface area (Å²) >= 11 is 0. The maximum Gasteiger partial charge on any atom is 0.338 e. The molecule has 0 unspecified atom stereocenters. The summed E-state index contributed by atoms with van der Waals surface area (Å²) in [5, 5.41) is 7.45. The van der Waals surface area contributed by atoms with Gasteiger partial charge in [-0.15, -0.1) is 0 Å². The zero-order valence-corrected chi connectivity index (χ0v) is 17.1. The first-order valence-electron chi connectivity index (χ1n) is 9.56. The molecule has 0 aliphatic heterocycles. The van der Waals surface area contributed by atoms with Gasteiger partial charge in [-0.2, -0.15) is 5.10 Å². The third-order valence-corrected chi connectivity index (χ3v) is 4.53. The SMILES string of the molecule is Cc1nn(-c2ccccc2)c(C)c1CC(=O)Nc1ccc(C(=O)OC(C)C)cc1. The molecule has 0 atom stereocenters. The number of carbonyl (C=O) groups excluding carboxylic acids is 2. The van der Waals surface area contributed by atoms with Gasteiger partial charge in [-0.1, -0.05) is 18.2 Å². The van der Waals surface area contributed by atoms with Gasteiger partial charge in [0.15, 0.2) is 0 Å². The number of para-hydroxylation sites is 1. The van der Waals surface area contributed by atoms with Crippen LogP contribution in [0, 0.1) is 13.8 Å². The molecule has 0 saturated carbocycles. The van der Waals surface area contributed by atoms with Crippen LogP contribution in [-0.2, 0) is 16.0 Å². The van der Waals surface area contributed by atoms with Crippen LogP contribution in [0.4, 0.5) is 5.69 Å². The summed E-state index contributed by atoms with van der Waals surface area (Å²) in [6.07, 6.45) is 0.0481. The highest BCUT2D eigenvalue weighted by Gasteiger charge is 2.16. The predicted molar refractivity (Wildman–Crippen MR) is 112 cm³/mol. The minimum Gasteiger partial charge on any atom is -0.459 e. The van der Waals surface area contributed by atoms with Gasteiger partial charge in [0, 0.05) is 16.9 Å². The lowest BCUT2D eigenvalue weighted by Crippen LogP contribution is -2.16. The zero-order chi connectivity index (χ0) is 21.0. The average molecular weight is 391 g/mol. The molecule has 3 rings (SSSR count). The second-order valence-corrected chi connectivity index (χ2v) is 7.15. The van der Waals surface area contributed by atoms with Gasteiger partial charge in [0.25, 0.3) is 0 Å². The Balaban J connectivity index is 1.68. The van der Waals surface area contributed by atoms with Crippen molar-refractivity contribution in [3.63, 3.8) is 0 Å². The number of hydrogen-bond acceptors (Lipinski definition) is 4. The molecule has 6 heteroatoms. The number of esters is 1. The summed E-state index contributed by atoms with van der Waals surface area (Å²) in [6, 6.07) is 16.5. The maximum absolute atomic E-state index is 12.6. The summed E-state index contributed by atoms with van der Waals surface area (Å²) in [7, 11) is 0. The molecular weight excluding hydrogens is 366 g/mol. The number of amides is 1. The number of anilines is 1. The summed E-state index contributed by atoms with van der Waals surface area (Å²) < 4.78 is 7.02. The summed E-state index contributed by atoms with van der Waals surface area (Å²) in [5.41, 5.74) is 4.71. The fourth-order valence-electron chi connectivity index (χ4n) is 3.09. The molecule has 1 heterocycles. The third-order valence-electron chi connectivity index (χ3n) is 4.53. The van der Waals surface area contributed by atoms with Gasteiger partial charge < -0.3 is 10.1 Å². The van der Waals surface area contributed by atoms with Crippen LogP contribution in [0.2, 0.25) is 0 Å². The lowest BCUT2D eigenvalue weighted by molar-refractivity contribution is -0.115. The molecule has 0 spiro atoms. The van der Waals surface area contributed by atoms with E-state index in [9.17, 15) is 9.59 Å². The van der Waals surface area contributed by atoms with E-state index in [-0.39, 0.29) is 24.4 Å². The van der Waals surface area contributed by atoms with E-state index in [1.165, 1.54) is 0 Å². The van der Waals surface area contributed by atoms with Crippen molar-refractivity contribution in [1.82, 2.24) is 9.78 Å². The first-order valence-corrected chi connectivity index (χ1v) is 9.56. The van der Waals surface area contributed by atoms with E-state index in [4.69, 9.17) is 4.74 Å². The summed E-state index contributed by atoms with van der Waals surface area (Å²) in [4.78, 5) is 24.5. The topological polar surface area (TPSA) is 73.2 Å². The Labute approximate surface area is 170 Å². The van der Waals surface area contributed by atoms with E-state index < -0.39 is 0 Å². The van der Waals surface area contributed by atoms with Crippen LogP contribution < -0.4 is 5.32 Å². The maximum atomic E-state index is 12.6. The number of aromatic nitrogens is 2. The normalized spacial score (nSPS) is 10.8. The first-order chi connectivity index (χ1) is 13.8. The summed E-state index contributed by atoms with van der Waals surface area (Å²) in [6.45, 7) is 7.47. The number of nitrogens with zero attached hydrogens (tertiary/aromatic N) is 2. The number of rotatable bonds is 6. The average Bonchev–Trinajstić information content (AvgIpc) is 2.97. The van der Waals surface area contributed by atoms with Crippen LogP contribution in [0.3, 0.4) is 0 Å². The third kappa shape index (κ3) is 4.90. The van der Waals surface area contributed by atoms with Gasteiger partial charge in [-0.25, -0.2) is 9.48 Å². The lowest BCUT2D eigenvalue weighted by Gasteiger charge is -2.09. The fraction of sp³-hybridized carbons (Fsp3) is 0.261. The number of benzene rings is 2. The lowest BCUT2D eigenvalue weighted by atomic mass is 10.1. The van der Waals surface area contributed by atoms with E-state index in [2.05, 4.69) is 10.4 Å². The smallest absolute Gasteiger partial charge is 0.338 e. The number of hydrogen-bond donors (Lipinski definition) is 1. The second kappa shape index (κ2) is 8.73. The van der Waals surface area contributed by atoms with Gasteiger partial charge in [0.2, 0.25) is 5.91 Å². The fourth-order valence-corrected chi connectivity index (χ4v) is 3.09. The summed E-state index contributed by atoms with van der Waals surface area (Å²) in [5.74, 6) is -0.515. The Hall–Kier alpha value is -3.41. The predicted octanol–water partition coefficient (Wildman–Crippen LogP) is 4.24. The van der Waals surface area contributed by atoms with Crippen molar-refractivity contribution in [2.45, 2.75) is 40.2 Å². The highest BCUT2D eigenvalue weighted by Crippen LogP contribution is 2.19. The van der Waals surface area contributed by atoms with Gasteiger partial charge in [-0.05, 0) is 64.1 Å². The quantitative estimate of drug-likeness (QED) is 0.638. The van der Waals surface area contributed by atoms with E-state index in [0.29, 0.717) is 11.3 Å². The van der Waals surface area contributed by atoms with Crippen LogP contribution in [0.25, 0.3) is 5.69 Å². The largest absolute Gasteiger partial charge is 0.459 e. The van der Waals surface area contributed by atoms with Gasteiger partial charge in [-0.3, -0.25) is 4.79 Å². The molecule has 0 bridgehead atoms. The van der Waals surface area contributed by atoms with E-state index in [1.807, 2.05) is 48.9 Å². The van der Waals surface area contributed by atoms with E-state index >= 15 is 0 Å². The van der Waals surface area contributed by atoms with Crippen molar-refractivity contribution in [2.75, 3.05) is 5.32 Å². The monoisotopic (exact) mass is 391 g/mol. The molecule has 0 radical (unpaired) electrons. The molecule has 3 aromatic rings. The number of nitrogens with one attached hydrogen (secondary N) is 1. The second-order valence-electron chi connectivity index (χ2n) is 7.15. The molecule has 0 aliphatic rings. The van der Waals surface area contributed by atoms with Crippen molar-refractivity contribution in [1.29, 1.82) is 0 Å². The Morgan fingerprint density at radius 1 is 1.03 bits per heavy atom. The van der Waals surface area contributed by atoms with Crippen molar-refractivity contribution >= 4 is 17.6 Å². The molecule has 150 valence electrons. The standard InChI is InChI=1S/C23H25N3O3/c1-15(2)29-23(28)18-10-12-19(13-11-18)24-22(27)14-21-16(3)25-26(17(21)4)20-8-6-5-7-9-20/h5-13,15H,14H2,1-4H3,(H,24,27). The van der Waals surface area contributed by atoms with Crippen LogP contribution in [0.5, 0.6) is 0 Å². The number of carbonyl (C=O) groups is 2. The molecular formula is C23H25N3O3. The van der Waals surface area contributed by atoms with Gasteiger partial charge in [0.1, 0.15) is 0 Å². The highest BCUT2D eigenvalue weighted by atomic mass is 16.5. The van der Waals surface area contributed by atoms with E-state index in [0.717, 1.165) is 22.6 Å². The van der Waals surface area contributed by atoms with Crippen molar-refractivity contribution < 1.29 is 14.3 Å².